The number of carbonyl (C=O) groups excluding carboxylic acids is 2. The summed E-state index contributed by atoms with van der Waals surface area (Å²) in [5, 5.41) is 5.51. The first-order chi connectivity index (χ1) is 16.7. The number of benzene rings is 3. The molecule has 1 unspecified atom stereocenters. The molecule has 5 nitrogen and oxygen atoms in total. The lowest BCUT2D eigenvalue weighted by molar-refractivity contribution is -0.105. The molecule has 0 aromatic heterocycles. The van der Waals surface area contributed by atoms with E-state index >= 15 is 0 Å². The lowest BCUT2D eigenvalue weighted by atomic mass is 10.1. The van der Waals surface area contributed by atoms with Crippen LogP contribution in [0.4, 0.5) is 10.5 Å². The van der Waals surface area contributed by atoms with Gasteiger partial charge in [0, 0.05) is 22.4 Å². The largest absolute Gasteiger partial charge is 0.444 e. The Kier molecular flexibility index (Phi) is 11.4. The zero-order valence-corrected chi connectivity index (χ0v) is 22.0. The highest BCUT2D eigenvalue weighted by molar-refractivity contribution is 7.98. The Morgan fingerprint density at radius 2 is 1.57 bits per heavy atom. The molecular formula is C29H36N2O3S. The fraction of sp³-hybridized carbons (Fsp3) is 0.310. The molecule has 0 aliphatic rings. The van der Waals surface area contributed by atoms with Crippen LogP contribution in [0.25, 0.3) is 0 Å². The van der Waals surface area contributed by atoms with E-state index in [9.17, 15) is 9.59 Å². The summed E-state index contributed by atoms with van der Waals surface area (Å²) in [7, 11) is 0. The molecule has 2 N–H and O–H groups in total. The predicted octanol–water partition coefficient (Wildman–Crippen LogP) is 7.00. The van der Waals surface area contributed by atoms with Crippen molar-refractivity contribution < 1.29 is 14.3 Å². The zero-order valence-electron chi connectivity index (χ0n) is 21.2. The van der Waals surface area contributed by atoms with Gasteiger partial charge < -0.3 is 15.4 Å². The number of thioether (sulfide) groups is 1. The van der Waals surface area contributed by atoms with Crippen LogP contribution in [0.1, 0.15) is 44.4 Å². The van der Waals surface area contributed by atoms with Gasteiger partial charge in [-0.3, -0.25) is 4.79 Å². The second-order valence-electron chi connectivity index (χ2n) is 9.25. The Morgan fingerprint density at radius 3 is 2.11 bits per heavy atom. The lowest BCUT2D eigenvalue weighted by Crippen LogP contribution is -2.38. The molecule has 0 radical (unpaired) electrons. The molecule has 0 fully saturated rings. The van der Waals surface area contributed by atoms with E-state index in [2.05, 4.69) is 41.0 Å². The van der Waals surface area contributed by atoms with Gasteiger partial charge in [0.2, 0.25) is 6.41 Å². The van der Waals surface area contributed by atoms with E-state index in [0.717, 1.165) is 23.4 Å². The van der Waals surface area contributed by atoms with Crippen molar-refractivity contribution in [2.24, 2.45) is 0 Å². The van der Waals surface area contributed by atoms with Crippen LogP contribution in [0.15, 0.2) is 83.8 Å². The predicted molar refractivity (Wildman–Crippen MR) is 146 cm³/mol. The van der Waals surface area contributed by atoms with Crippen molar-refractivity contribution in [2.45, 2.75) is 63.3 Å². The Balaban J connectivity index is 0.000000247. The Labute approximate surface area is 213 Å². The number of hydrogen-bond donors (Lipinski definition) is 2. The maximum Gasteiger partial charge on any atom is 0.407 e. The minimum atomic E-state index is -0.448. The van der Waals surface area contributed by atoms with Crippen LogP contribution >= 0.6 is 11.8 Å². The van der Waals surface area contributed by atoms with Crippen LogP contribution in [-0.2, 0) is 21.7 Å². The quantitative estimate of drug-likeness (QED) is 0.262. The highest BCUT2D eigenvalue weighted by Gasteiger charge is 2.17. The summed E-state index contributed by atoms with van der Waals surface area (Å²) in [4.78, 5) is 23.1. The topological polar surface area (TPSA) is 67.4 Å². The van der Waals surface area contributed by atoms with Gasteiger partial charge in [-0.05, 0) is 75.9 Å². The van der Waals surface area contributed by atoms with Crippen molar-refractivity contribution >= 4 is 30.0 Å². The van der Waals surface area contributed by atoms with Crippen molar-refractivity contribution in [1.29, 1.82) is 0 Å². The maximum absolute atomic E-state index is 11.5. The molecule has 6 heteroatoms. The van der Waals surface area contributed by atoms with E-state index < -0.39 is 5.60 Å². The smallest absolute Gasteiger partial charge is 0.407 e. The second-order valence-corrected chi connectivity index (χ2v) is 10.3. The van der Waals surface area contributed by atoms with Gasteiger partial charge in [0.25, 0.3) is 0 Å². The SMILES string of the molecule is CC(Cc1ccccc1)NC(=O)OC(C)(C)C.Cc1cc(SCc2ccccc2)ccc1NC=O. The molecule has 3 aromatic carbocycles. The Bertz CT molecular complexity index is 1050. The number of carbonyl (C=O) groups is 2. The summed E-state index contributed by atoms with van der Waals surface area (Å²) in [5.41, 5.74) is 4.02. The summed E-state index contributed by atoms with van der Waals surface area (Å²) < 4.78 is 5.20. The van der Waals surface area contributed by atoms with Gasteiger partial charge in [-0.1, -0.05) is 60.7 Å². The maximum atomic E-state index is 11.5. The third-order valence-electron chi connectivity index (χ3n) is 4.81. The summed E-state index contributed by atoms with van der Waals surface area (Å²) in [6.45, 7) is 9.53. The van der Waals surface area contributed by atoms with Crippen LogP contribution in [0.3, 0.4) is 0 Å². The van der Waals surface area contributed by atoms with Crippen molar-refractivity contribution in [2.75, 3.05) is 5.32 Å². The standard InChI is InChI=1S/C15H15NOS.C14H21NO2/c1-12-9-14(7-8-15(12)16-11-17)18-10-13-5-3-2-4-6-13;1-11(10-12-8-6-5-7-9-12)15-13(16)17-14(2,3)4/h2-9,11H,10H2,1H3,(H,16,17);5-9,11H,10H2,1-4H3,(H,15,16). The van der Waals surface area contributed by atoms with Crippen molar-refractivity contribution in [1.82, 2.24) is 5.32 Å². The molecule has 0 spiro atoms. The third kappa shape index (κ3) is 11.6. The summed E-state index contributed by atoms with van der Waals surface area (Å²) >= 11 is 1.80. The fourth-order valence-electron chi connectivity index (χ4n) is 3.22. The lowest BCUT2D eigenvalue weighted by Gasteiger charge is -2.22. The minimum absolute atomic E-state index is 0.0623. The molecule has 0 saturated heterocycles. The van der Waals surface area contributed by atoms with E-state index in [1.165, 1.54) is 16.0 Å². The van der Waals surface area contributed by atoms with Gasteiger partial charge in [0.1, 0.15) is 5.60 Å². The van der Waals surface area contributed by atoms with Gasteiger partial charge in [-0.25, -0.2) is 4.79 Å². The van der Waals surface area contributed by atoms with E-state index in [-0.39, 0.29) is 12.1 Å². The van der Waals surface area contributed by atoms with Gasteiger partial charge in [0.15, 0.2) is 0 Å². The third-order valence-corrected chi connectivity index (χ3v) is 5.87. The zero-order chi connectivity index (χ0) is 25.7. The average molecular weight is 493 g/mol. The van der Waals surface area contributed by atoms with Crippen molar-refractivity contribution in [3.05, 3.63) is 95.6 Å². The molecule has 0 heterocycles. The van der Waals surface area contributed by atoms with Crippen LogP contribution in [0.5, 0.6) is 0 Å². The number of rotatable bonds is 8. The highest BCUT2D eigenvalue weighted by Crippen LogP contribution is 2.26. The number of aryl methyl sites for hydroxylation is 1. The second kappa shape index (κ2) is 14.2. The Morgan fingerprint density at radius 1 is 0.971 bits per heavy atom. The number of hydrogen-bond acceptors (Lipinski definition) is 4. The Hall–Kier alpha value is -3.25. The normalized spacial score (nSPS) is 11.5. The molecule has 1 atom stereocenters. The van der Waals surface area contributed by atoms with Crippen LogP contribution in [-0.4, -0.2) is 24.1 Å². The van der Waals surface area contributed by atoms with Crippen LogP contribution in [0, 0.1) is 6.92 Å². The first-order valence-electron chi connectivity index (χ1n) is 11.7. The van der Waals surface area contributed by atoms with E-state index in [0.29, 0.717) is 6.41 Å². The molecular weight excluding hydrogens is 456 g/mol. The first kappa shape index (κ1) is 28.0. The van der Waals surface area contributed by atoms with E-state index in [1.807, 2.05) is 83.1 Å². The first-order valence-corrected chi connectivity index (χ1v) is 12.7. The molecule has 186 valence electrons. The molecule has 3 aromatic rings. The van der Waals surface area contributed by atoms with E-state index in [1.54, 1.807) is 11.8 Å². The highest BCUT2D eigenvalue weighted by atomic mass is 32.2. The van der Waals surface area contributed by atoms with Gasteiger partial charge in [-0.2, -0.15) is 0 Å². The molecule has 35 heavy (non-hydrogen) atoms. The monoisotopic (exact) mass is 492 g/mol. The molecule has 0 bridgehead atoms. The molecule has 0 aliphatic heterocycles. The molecule has 0 aliphatic carbocycles. The number of alkyl carbamates (subject to hydrolysis) is 1. The number of nitrogens with one attached hydrogen (secondary N) is 2. The summed E-state index contributed by atoms with van der Waals surface area (Å²) in [6.07, 6.45) is 1.15. The molecule has 0 saturated carbocycles. The van der Waals surface area contributed by atoms with Gasteiger partial charge in [-0.15, -0.1) is 11.8 Å². The van der Waals surface area contributed by atoms with E-state index in [4.69, 9.17) is 4.74 Å². The number of anilines is 1. The summed E-state index contributed by atoms with van der Waals surface area (Å²) in [5.74, 6) is 0.959. The molecule has 3 rings (SSSR count). The average Bonchev–Trinajstić information content (AvgIpc) is 2.80. The fourth-order valence-corrected chi connectivity index (χ4v) is 4.17. The van der Waals surface area contributed by atoms with Gasteiger partial charge in [0.05, 0.1) is 0 Å². The van der Waals surface area contributed by atoms with Crippen LogP contribution < -0.4 is 10.6 Å². The van der Waals surface area contributed by atoms with Crippen LogP contribution in [0.2, 0.25) is 0 Å². The van der Waals surface area contributed by atoms with Crippen molar-refractivity contribution in [3.63, 3.8) is 0 Å². The number of ether oxygens (including phenoxy) is 1. The number of amides is 2. The summed E-state index contributed by atoms with van der Waals surface area (Å²) in [6, 6.07) is 26.6. The van der Waals surface area contributed by atoms with Gasteiger partial charge >= 0.3 is 6.09 Å². The molecule has 2 amide bonds. The minimum Gasteiger partial charge on any atom is -0.444 e. The van der Waals surface area contributed by atoms with Crippen molar-refractivity contribution in [3.8, 4) is 0 Å².